The van der Waals surface area contributed by atoms with Crippen molar-refractivity contribution in [2.75, 3.05) is 19.7 Å². The van der Waals surface area contributed by atoms with Gasteiger partial charge in [-0.3, -0.25) is 0 Å². The van der Waals surface area contributed by atoms with Gasteiger partial charge >= 0.3 is 0 Å². The zero-order valence-electron chi connectivity index (χ0n) is 11.6. The lowest BCUT2D eigenvalue weighted by Crippen LogP contribution is -2.30. The van der Waals surface area contributed by atoms with Gasteiger partial charge in [0.2, 0.25) is 0 Å². The van der Waals surface area contributed by atoms with Gasteiger partial charge in [0.05, 0.1) is 6.61 Å². The number of rotatable bonds is 5. The van der Waals surface area contributed by atoms with Crippen LogP contribution in [-0.4, -0.2) is 19.7 Å². The molecule has 1 atom stereocenters. The van der Waals surface area contributed by atoms with Gasteiger partial charge in [0.1, 0.15) is 5.75 Å². The minimum atomic E-state index is 0.526. The molecule has 0 saturated carbocycles. The van der Waals surface area contributed by atoms with E-state index in [1.165, 1.54) is 31.4 Å². The number of hydrogen-bond donors (Lipinski definition) is 1. The summed E-state index contributed by atoms with van der Waals surface area (Å²) in [6, 6.07) is 8.41. The number of para-hydroxylation sites is 1. The Morgan fingerprint density at radius 3 is 2.89 bits per heavy atom. The van der Waals surface area contributed by atoms with E-state index in [9.17, 15) is 0 Å². The first-order valence-corrected chi connectivity index (χ1v) is 7.20. The summed E-state index contributed by atoms with van der Waals surface area (Å²) in [5, 5.41) is 3.46. The molecule has 1 unspecified atom stereocenters. The van der Waals surface area contributed by atoms with Gasteiger partial charge in [0.15, 0.2) is 0 Å². The monoisotopic (exact) mass is 247 g/mol. The topological polar surface area (TPSA) is 21.3 Å². The average molecular weight is 247 g/mol. The molecule has 2 nitrogen and oxygen atoms in total. The van der Waals surface area contributed by atoms with Crippen LogP contribution < -0.4 is 10.1 Å². The Hall–Kier alpha value is -1.02. The van der Waals surface area contributed by atoms with Crippen LogP contribution in [0.1, 0.15) is 44.6 Å². The summed E-state index contributed by atoms with van der Waals surface area (Å²) in [6.07, 6.45) is 3.83. The lowest BCUT2D eigenvalue weighted by molar-refractivity contribution is 0.252. The second-order valence-electron chi connectivity index (χ2n) is 5.54. The van der Waals surface area contributed by atoms with Crippen molar-refractivity contribution in [3.8, 4) is 5.75 Å². The van der Waals surface area contributed by atoms with Crippen molar-refractivity contribution in [3.63, 3.8) is 0 Å². The van der Waals surface area contributed by atoms with Crippen molar-refractivity contribution >= 4 is 0 Å². The third-order valence-corrected chi connectivity index (χ3v) is 3.72. The third kappa shape index (κ3) is 3.74. The van der Waals surface area contributed by atoms with Crippen LogP contribution in [0.2, 0.25) is 0 Å². The Morgan fingerprint density at radius 1 is 1.33 bits per heavy atom. The molecule has 100 valence electrons. The van der Waals surface area contributed by atoms with Crippen LogP contribution in [0.5, 0.6) is 5.75 Å². The SMILES string of the molecule is CC(C)c1ccccc1OCCC1CCCNC1. The van der Waals surface area contributed by atoms with E-state index >= 15 is 0 Å². The lowest BCUT2D eigenvalue weighted by atomic mass is 9.97. The summed E-state index contributed by atoms with van der Waals surface area (Å²) in [5.41, 5.74) is 1.32. The molecule has 2 rings (SSSR count). The second-order valence-corrected chi connectivity index (χ2v) is 5.54. The molecule has 1 aliphatic heterocycles. The number of piperidine rings is 1. The number of nitrogens with one attached hydrogen (secondary N) is 1. The van der Waals surface area contributed by atoms with E-state index in [1.54, 1.807) is 0 Å². The Bertz CT molecular complexity index is 356. The van der Waals surface area contributed by atoms with Crippen molar-refractivity contribution in [1.82, 2.24) is 5.32 Å². The molecule has 1 fully saturated rings. The zero-order chi connectivity index (χ0) is 12.8. The number of benzene rings is 1. The van der Waals surface area contributed by atoms with Gasteiger partial charge in [-0.15, -0.1) is 0 Å². The van der Waals surface area contributed by atoms with E-state index in [-0.39, 0.29) is 0 Å². The van der Waals surface area contributed by atoms with Crippen LogP contribution in [0.3, 0.4) is 0 Å². The maximum atomic E-state index is 5.97. The van der Waals surface area contributed by atoms with Gasteiger partial charge in [0, 0.05) is 0 Å². The van der Waals surface area contributed by atoms with E-state index in [0.717, 1.165) is 24.8 Å². The zero-order valence-corrected chi connectivity index (χ0v) is 11.6. The van der Waals surface area contributed by atoms with Crippen LogP contribution in [0.15, 0.2) is 24.3 Å². The third-order valence-electron chi connectivity index (χ3n) is 3.72. The molecular formula is C16H25NO. The molecule has 1 aromatic carbocycles. The molecule has 1 aromatic rings. The van der Waals surface area contributed by atoms with Crippen LogP contribution in [0, 0.1) is 5.92 Å². The van der Waals surface area contributed by atoms with Crippen LogP contribution in [0.25, 0.3) is 0 Å². The molecule has 1 aliphatic rings. The Labute approximate surface area is 111 Å². The largest absolute Gasteiger partial charge is 0.493 e. The van der Waals surface area contributed by atoms with Gasteiger partial charge in [-0.25, -0.2) is 0 Å². The van der Waals surface area contributed by atoms with E-state index in [4.69, 9.17) is 4.74 Å². The first kappa shape index (κ1) is 13.4. The highest BCUT2D eigenvalue weighted by Crippen LogP contribution is 2.26. The fourth-order valence-electron chi connectivity index (χ4n) is 2.59. The normalized spacial score (nSPS) is 20.1. The maximum Gasteiger partial charge on any atom is 0.122 e. The van der Waals surface area contributed by atoms with Gasteiger partial charge < -0.3 is 10.1 Å². The highest BCUT2D eigenvalue weighted by molar-refractivity contribution is 5.35. The molecule has 0 aliphatic carbocycles. The molecule has 18 heavy (non-hydrogen) atoms. The summed E-state index contributed by atoms with van der Waals surface area (Å²) in [4.78, 5) is 0. The second kappa shape index (κ2) is 6.79. The average Bonchev–Trinajstić information content (AvgIpc) is 2.40. The van der Waals surface area contributed by atoms with E-state index in [0.29, 0.717) is 5.92 Å². The molecule has 1 saturated heterocycles. The van der Waals surface area contributed by atoms with E-state index in [1.807, 2.05) is 0 Å². The molecule has 2 heteroatoms. The minimum absolute atomic E-state index is 0.526. The van der Waals surface area contributed by atoms with Crippen molar-refractivity contribution in [2.45, 2.75) is 39.0 Å². The molecular weight excluding hydrogens is 222 g/mol. The van der Waals surface area contributed by atoms with Gasteiger partial charge in [0.25, 0.3) is 0 Å². The quantitative estimate of drug-likeness (QED) is 0.858. The first-order valence-electron chi connectivity index (χ1n) is 7.20. The predicted molar refractivity (Wildman–Crippen MR) is 76.2 cm³/mol. The Morgan fingerprint density at radius 2 is 2.17 bits per heavy atom. The lowest BCUT2D eigenvalue weighted by Gasteiger charge is -2.23. The molecule has 0 bridgehead atoms. The molecule has 0 spiro atoms. The van der Waals surface area contributed by atoms with E-state index < -0.39 is 0 Å². The Balaban J connectivity index is 1.82. The molecule has 0 radical (unpaired) electrons. The fourth-order valence-corrected chi connectivity index (χ4v) is 2.59. The summed E-state index contributed by atoms with van der Waals surface area (Å²) in [5.74, 6) is 2.39. The van der Waals surface area contributed by atoms with Crippen LogP contribution in [-0.2, 0) is 0 Å². The molecule has 0 aromatic heterocycles. The fraction of sp³-hybridized carbons (Fsp3) is 0.625. The summed E-state index contributed by atoms with van der Waals surface area (Å²) in [6.45, 7) is 7.62. The summed E-state index contributed by atoms with van der Waals surface area (Å²) < 4.78 is 5.97. The van der Waals surface area contributed by atoms with Crippen molar-refractivity contribution in [2.24, 2.45) is 5.92 Å². The summed E-state index contributed by atoms with van der Waals surface area (Å²) >= 11 is 0. The van der Waals surface area contributed by atoms with Gasteiger partial charge in [-0.2, -0.15) is 0 Å². The minimum Gasteiger partial charge on any atom is -0.493 e. The van der Waals surface area contributed by atoms with Gasteiger partial charge in [-0.05, 0) is 55.8 Å². The Kier molecular flexibility index (Phi) is 5.06. The highest BCUT2D eigenvalue weighted by atomic mass is 16.5. The predicted octanol–water partition coefficient (Wildman–Crippen LogP) is 3.58. The molecule has 0 amide bonds. The molecule has 1 heterocycles. The van der Waals surface area contributed by atoms with E-state index in [2.05, 4.69) is 43.4 Å². The van der Waals surface area contributed by atoms with Crippen LogP contribution in [0.4, 0.5) is 0 Å². The smallest absolute Gasteiger partial charge is 0.122 e. The maximum absolute atomic E-state index is 5.97. The van der Waals surface area contributed by atoms with Crippen molar-refractivity contribution in [1.29, 1.82) is 0 Å². The number of hydrogen-bond acceptors (Lipinski definition) is 2. The standard InChI is InChI=1S/C16H25NO/c1-13(2)15-7-3-4-8-16(15)18-11-9-14-6-5-10-17-12-14/h3-4,7-8,13-14,17H,5-6,9-12H2,1-2H3. The van der Waals surface area contributed by atoms with Gasteiger partial charge in [-0.1, -0.05) is 32.0 Å². The number of ether oxygens (including phenoxy) is 1. The molecule has 1 N–H and O–H groups in total. The van der Waals surface area contributed by atoms with Crippen LogP contribution >= 0.6 is 0 Å². The highest BCUT2D eigenvalue weighted by Gasteiger charge is 2.13. The first-order chi connectivity index (χ1) is 8.77. The summed E-state index contributed by atoms with van der Waals surface area (Å²) in [7, 11) is 0. The van der Waals surface area contributed by atoms with Crippen molar-refractivity contribution in [3.05, 3.63) is 29.8 Å². The van der Waals surface area contributed by atoms with Crippen molar-refractivity contribution < 1.29 is 4.74 Å².